The summed E-state index contributed by atoms with van der Waals surface area (Å²) >= 11 is 0. The molecule has 6 heteroatoms. The molecule has 0 heterocycles. The fourth-order valence-corrected chi connectivity index (χ4v) is 2.84. The summed E-state index contributed by atoms with van der Waals surface area (Å²) in [5.41, 5.74) is 0.433. The van der Waals surface area contributed by atoms with E-state index in [1.807, 2.05) is 0 Å². The zero-order valence-corrected chi connectivity index (χ0v) is 14.0. The Morgan fingerprint density at radius 1 is 1.29 bits per heavy atom. The van der Waals surface area contributed by atoms with Crippen molar-refractivity contribution in [1.29, 1.82) is 0 Å². The number of hydrogen-bond acceptors (Lipinski definition) is 4. The summed E-state index contributed by atoms with van der Waals surface area (Å²) in [4.78, 5) is 25.7. The average Bonchev–Trinajstić information content (AvgIpc) is 3.11. The van der Waals surface area contributed by atoms with Crippen LogP contribution >= 0.6 is 0 Å². The highest BCUT2D eigenvalue weighted by Gasteiger charge is 2.24. The van der Waals surface area contributed by atoms with E-state index in [-0.39, 0.29) is 18.5 Å². The Kier molecular flexibility index (Phi) is 6.07. The number of benzene rings is 1. The van der Waals surface area contributed by atoms with Gasteiger partial charge >= 0.3 is 5.91 Å². The maximum atomic E-state index is 12.3. The van der Waals surface area contributed by atoms with Crippen molar-refractivity contribution in [2.24, 2.45) is 0 Å². The monoisotopic (exact) mass is 330 g/mol. The molecule has 1 N–H and O–H groups in total. The lowest BCUT2D eigenvalue weighted by Crippen LogP contribution is -2.43. The Morgan fingerprint density at radius 3 is 2.58 bits per heavy atom. The molecule has 6 nitrogen and oxygen atoms in total. The van der Waals surface area contributed by atoms with E-state index in [1.165, 1.54) is 19.1 Å². The predicted molar refractivity (Wildman–Crippen MR) is 91.1 cm³/mol. The van der Waals surface area contributed by atoms with Gasteiger partial charge in [0, 0.05) is 12.1 Å². The maximum absolute atomic E-state index is 12.3. The van der Waals surface area contributed by atoms with Crippen LogP contribution in [0, 0.1) is 12.3 Å². The third kappa shape index (κ3) is 4.19. The van der Waals surface area contributed by atoms with Gasteiger partial charge < -0.3 is 14.8 Å². The first-order chi connectivity index (χ1) is 11.6. The summed E-state index contributed by atoms with van der Waals surface area (Å²) in [5, 5.41) is 2.95. The van der Waals surface area contributed by atoms with Crippen LogP contribution in [0.25, 0.3) is 0 Å². The number of carbonyl (C=O) groups is 2. The average molecular weight is 330 g/mol. The fourth-order valence-electron chi connectivity index (χ4n) is 2.84. The lowest BCUT2D eigenvalue weighted by Gasteiger charge is -2.23. The highest BCUT2D eigenvalue weighted by Crippen LogP contribution is 2.32. The smallest absolute Gasteiger partial charge is 0.303 e. The van der Waals surface area contributed by atoms with Crippen LogP contribution in [0.1, 0.15) is 25.7 Å². The van der Waals surface area contributed by atoms with E-state index in [0.29, 0.717) is 17.2 Å². The molecule has 0 aliphatic heterocycles. The summed E-state index contributed by atoms with van der Waals surface area (Å²) in [6.45, 7) is -0.151. The van der Waals surface area contributed by atoms with E-state index in [9.17, 15) is 9.59 Å². The van der Waals surface area contributed by atoms with Gasteiger partial charge in [0.15, 0.2) is 0 Å². The van der Waals surface area contributed by atoms with Crippen LogP contribution in [0.4, 0.5) is 5.69 Å². The number of terminal acetylenes is 1. The number of methoxy groups -OCH3 is 2. The van der Waals surface area contributed by atoms with Crippen LogP contribution in [-0.2, 0) is 9.59 Å². The number of ether oxygens (including phenoxy) is 2. The molecule has 0 unspecified atom stereocenters. The van der Waals surface area contributed by atoms with Crippen LogP contribution in [-0.4, -0.2) is 38.6 Å². The number of amides is 2. The SMILES string of the molecule is C#CC(=O)N(CC(=O)NC1CCCC1)c1ccc(OC)cc1OC. The zero-order valence-electron chi connectivity index (χ0n) is 14.0. The molecular weight excluding hydrogens is 308 g/mol. The van der Waals surface area contributed by atoms with Crippen LogP contribution in [0.2, 0.25) is 0 Å². The molecule has 1 aromatic rings. The first-order valence-electron chi connectivity index (χ1n) is 7.88. The first kappa shape index (κ1) is 17.7. The molecule has 1 aliphatic rings. The molecule has 0 aromatic heterocycles. The standard InChI is InChI=1S/C18H22N2O4/c1-4-18(22)20(12-17(21)19-13-7-5-6-8-13)15-10-9-14(23-2)11-16(15)24-3/h1,9-11,13H,5-8,12H2,2-3H3,(H,19,21). The minimum Gasteiger partial charge on any atom is -0.497 e. The molecule has 0 saturated heterocycles. The Hall–Kier alpha value is -2.68. The fraction of sp³-hybridized carbons (Fsp3) is 0.444. The number of anilines is 1. The Bertz CT molecular complexity index is 645. The number of nitrogens with one attached hydrogen (secondary N) is 1. The number of rotatable bonds is 6. The third-order valence-corrected chi connectivity index (χ3v) is 4.07. The van der Waals surface area contributed by atoms with E-state index in [0.717, 1.165) is 25.7 Å². The topological polar surface area (TPSA) is 67.9 Å². The minimum absolute atomic E-state index is 0.151. The van der Waals surface area contributed by atoms with Crippen molar-refractivity contribution in [1.82, 2.24) is 5.32 Å². The van der Waals surface area contributed by atoms with Crippen LogP contribution in [0.15, 0.2) is 18.2 Å². The molecule has 1 aliphatic carbocycles. The van der Waals surface area contributed by atoms with Crippen molar-refractivity contribution in [2.75, 3.05) is 25.7 Å². The predicted octanol–water partition coefficient (Wildman–Crippen LogP) is 1.73. The van der Waals surface area contributed by atoms with Gasteiger partial charge in [-0.05, 0) is 30.9 Å². The summed E-state index contributed by atoms with van der Waals surface area (Å²) < 4.78 is 10.4. The van der Waals surface area contributed by atoms with Gasteiger partial charge in [-0.2, -0.15) is 0 Å². The highest BCUT2D eigenvalue weighted by molar-refractivity contribution is 6.09. The van der Waals surface area contributed by atoms with E-state index in [1.54, 1.807) is 18.2 Å². The second-order valence-corrected chi connectivity index (χ2v) is 5.62. The van der Waals surface area contributed by atoms with Gasteiger partial charge in [0.1, 0.15) is 18.0 Å². The van der Waals surface area contributed by atoms with Gasteiger partial charge in [-0.15, -0.1) is 6.42 Å². The zero-order chi connectivity index (χ0) is 17.5. The molecular formula is C18H22N2O4. The summed E-state index contributed by atoms with van der Waals surface area (Å²) in [5.74, 6) is 2.22. The lowest BCUT2D eigenvalue weighted by atomic mass is 10.2. The molecule has 128 valence electrons. The molecule has 1 saturated carbocycles. The summed E-state index contributed by atoms with van der Waals surface area (Å²) in [7, 11) is 3.02. The van der Waals surface area contributed by atoms with Gasteiger partial charge in [-0.25, -0.2) is 0 Å². The number of nitrogens with zero attached hydrogens (tertiary/aromatic N) is 1. The molecule has 0 radical (unpaired) electrons. The molecule has 1 fully saturated rings. The Morgan fingerprint density at radius 2 is 2.00 bits per heavy atom. The molecule has 1 aromatic carbocycles. The molecule has 2 rings (SSSR count). The van der Waals surface area contributed by atoms with Crippen molar-refractivity contribution >= 4 is 17.5 Å². The molecule has 2 amide bonds. The third-order valence-electron chi connectivity index (χ3n) is 4.07. The van der Waals surface area contributed by atoms with Crippen molar-refractivity contribution in [2.45, 2.75) is 31.7 Å². The van der Waals surface area contributed by atoms with Crippen molar-refractivity contribution in [3.05, 3.63) is 18.2 Å². The van der Waals surface area contributed by atoms with Gasteiger partial charge in [0.05, 0.1) is 19.9 Å². The second-order valence-electron chi connectivity index (χ2n) is 5.62. The van der Waals surface area contributed by atoms with Crippen molar-refractivity contribution in [3.8, 4) is 23.8 Å². The highest BCUT2D eigenvalue weighted by atomic mass is 16.5. The van der Waals surface area contributed by atoms with Gasteiger partial charge in [0.25, 0.3) is 0 Å². The first-order valence-corrected chi connectivity index (χ1v) is 7.88. The molecule has 0 spiro atoms. The lowest BCUT2D eigenvalue weighted by molar-refractivity contribution is -0.122. The number of hydrogen-bond donors (Lipinski definition) is 1. The normalized spacial score (nSPS) is 13.9. The maximum Gasteiger partial charge on any atom is 0.303 e. The summed E-state index contributed by atoms with van der Waals surface area (Å²) in [6.07, 6.45) is 9.44. The van der Waals surface area contributed by atoms with Crippen LogP contribution in [0.3, 0.4) is 0 Å². The second kappa shape index (κ2) is 8.25. The van der Waals surface area contributed by atoms with Crippen molar-refractivity contribution in [3.63, 3.8) is 0 Å². The Balaban J connectivity index is 2.20. The van der Waals surface area contributed by atoms with Crippen molar-refractivity contribution < 1.29 is 19.1 Å². The minimum atomic E-state index is -0.597. The van der Waals surface area contributed by atoms with E-state index in [2.05, 4.69) is 11.2 Å². The van der Waals surface area contributed by atoms with E-state index < -0.39 is 5.91 Å². The van der Waals surface area contributed by atoms with Gasteiger partial charge in [0.2, 0.25) is 5.91 Å². The largest absolute Gasteiger partial charge is 0.497 e. The van der Waals surface area contributed by atoms with Gasteiger partial charge in [-0.3, -0.25) is 14.5 Å². The van der Waals surface area contributed by atoms with E-state index in [4.69, 9.17) is 15.9 Å². The molecule has 24 heavy (non-hydrogen) atoms. The number of carbonyl (C=O) groups excluding carboxylic acids is 2. The van der Waals surface area contributed by atoms with Gasteiger partial charge in [-0.1, -0.05) is 12.8 Å². The van der Waals surface area contributed by atoms with Crippen LogP contribution < -0.4 is 19.7 Å². The molecule has 0 atom stereocenters. The Labute approximate surface area is 142 Å². The molecule has 0 bridgehead atoms. The van der Waals surface area contributed by atoms with Crippen LogP contribution in [0.5, 0.6) is 11.5 Å². The van der Waals surface area contributed by atoms with E-state index >= 15 is 0 Å². The summed E-state index contributed by atoms with van der Waals surface area (Å²) in [6, 6.07) is 5.15. The quantitative estimate of drug-likeness (QED) is 0.807.